The summed E-state index contributed by atoms with van der Waals surface area (Å²) in [7, 11) is 0. The van der Waals surface area contributed by atoms with Gasteiger partial charge in [-0.05, 0) is 94.0 Å². The maximum Gasteiger partial charge on any atom is 0.152 e. The largest absolute Gasteiger partial charge is 0.612 e. The standard InChI is InChI=1S/C22H25FOS/c1-14(2)11-20-15(3)21(19-10-7-17(23)13-22(19)20)12-16-5-8-18(9-6-16)25(4)24/h5-10,12-15,20H,11H2,1-4H3/b21-12-. The number of benzene rings is 2. The van der Waals surface area contributed by atoms with Crippen molar-refractivity contribution < 1.29 is 8.94 Å². The van der Waals surface area contributed by atoms with Crippen LogP contribution >= 0.6 is 0 Å². The van der Waals surface area contributed by atoms with Gasteiger partial charge < -0.3 is 4.55 Å². The van der Waals surface area contributed by atoms with Crippen molar-refractivity contribution in [1.29, 1.82) is 0 Å². The molecule has 0 fully saturated rings. The average Bonchev–Trinajstić information content (AvgIpc) is 2.80. The maximum atomic E-state index is 13.8. The van der Waals surface area contributed by atoms with Gasteiger partial charge in [0, 0.05) is 0 Å². The first kappa shape index (κ1) is 18.2. The molecule has 1 aliphatic rings. The molecule has 0 spiro atoms. The molecule has 1 aliphatic carbocycles. The van der Waals surface area contributed by atoms with Gasteiger partial charge in [-0.15, -0.1) is 0 Å². The molecule has 3 heteroatoms. The molecule has 3 atom stereocenters. The van der Waals surface area contributed by atoms with Crippen molar-refractivity contribution in [3.05, 3.63) is 65.0 Å². The van der Waals surface area contributed by atoms with Gasteiger partial charge in [-0.2, -0.15) is 0 Å². The number of hydrogen-bond donors (Lipinski definition) is 0. The van der Waals surface area contributed by atoms with Gasteiger partial charge >= 0.3 is 0 Å². The Labute approximate surface area is 153 Å². The third-order valence-electron chi connectivity index (χ3n) is 5.08. The molecule has 0 aromatic heterocycles. The van der Waals surface area contributed by atoms with Crippen molar-refractivity contribution in [2.24, 2.45) is 11.8 Å². The molecule has 0 bridgehead atoms. The van der Waals surface area contributed by atoms with Crippen LogP contribution in [-0.2, 0) is 11.2 Å². The van der Waals surface area contributed by atoms with Crippen LogP contribution in [0.2, 0.25) is 0 Å². The predicted molar refractivity (Wildman–Crippen MR) is 104 cm³/mol. The SMILES string of the molecule is CC(C)CC1c2cc(F)ccc2/C(=C\c2ccc([S+](C)[O-])cc2)C1C. The second kappa shape index (κ2) is 7.35. The van der Waals surface area contributed by atoms with E-state index in [1.54, 1.807) is 18.4 Å². The number of rotatable bonds is 4. The van der Waals surface area contributed by atoms with E-state index in [0.29, 0.717) is 17.8 Å². The predicted octanol–water partition coefficient (Wildman–Crippen LogP) is 5.88. The Morgan fingerprint density at radius 2 is 1.84 bits per heavy atom. The van der Waals surface area contributed by atoms with Gasteiger partial charge in [0.1, 0.15) is 12.1 Å². The van der Waals surface area contributed by atoms with Crippen molar-refractivity contribution in [2.45, 2.75) is 38.0 Å². The van der Waals surface area contributed by atoms with Gasteiger partial charge in [0.15, 0.2) is 4.90 Å². The highest BCUT2D eigenvalue weighted by molar-refractivity contribution is 7.90. The third kappa shape index (κ3) is 3.83. The summed E-state index contributed by atoms with van der Waals surface area (Å²) in [5.74, 6) is 1.14. The lowest BCUT2D eigenvalue weighted by molar-refractivity contribution is 0.453. The molecular formula is C22H25FOS. The molecule has 132 valence electrons. The van der Waals surface area contributed by atoms with E-state index in [1.165, 1.54) is 11.1 Å². The average molecular weight is 357 g/mol. The molecule has 0 saturated carbocycles. The summed E-state index contributed by atoms with van der Waals surface area (Å²) < 4.78 is 25.4. The Balaban J connectivity index is 2.01. The summed E-state index contributed by atoms with van der Waals surface area (Å²) in [6, 6.07) is 13.0. The summed E-state index contributed by atoms with van der Waals surface area (Å²) >= 11 is -0.962. The topological polar surface area (TPSA) is 23.1 Å². The second-order valence-electron chi connectivity index (χ2n) is 7.38. The minimum absolute atomic E-state index is 0.157. The van der Waals surface area contributed by atoms with E-state index in [0.717, 1.165) is 22.4 Å². The molecule has 0 saturated heterocycles. The maximum absolute atomic E-state index is 13.8. The van der Waals surface area contributed by atoms with E-state index in [4.69, 9.17) is 0 Å². The molecule has 0 radical (unpaired) electrons. The lowest BCUT2D eigenvalue weighted by Crippen LogP contribution is -2.07. The van der Waals surface area contributed by atoms with Crippen LogP contribution in [-0.4, -0.2) is 10.8 Å². The molecular weight excluding hydrogens is 331 g/mol. The van der Waals surface area contributed by atoms with E-state index in [9.17, 15) is 8.94 Å². The smallest absolute Gasteiger partial charge is 0.152 e. The van der Waals surface area contributed by atoms with Crippen molar-refractivity contribution in [2.75, 3.05) is 6.26 Å². The number of allylic oxidation sites excluding steroid dienone is 1. The molecule has 0 N–H and O–H groups in total. The first-order valence-electron chi connectivity index (χ1n) is 8.81. The highest BCUT2D eigenvalue weighted by Gasteiger charge is 2.34. The van der Waals surface area contributed by atoms with Crippen molar-refractivity contribution in [3.63, 3.8) is 0 Å². The molecule has 0 aliphatic heterocycles. The Morgan fingerprint density at radius 3 is 2.44 bits per heavy atom. The van der Waals surface area contributed by atoms with Gasteiger partial charge in [0.05, 0.1) is 0 Å². The Kier molecular flexibility index (Phi) is 5.35. The quantitative estimate of drug-likeness (QED) is 0.627. The number of halogens is 1. The fourth-order valence-corrected chi connectivity index (χ4v) is 4.34. The highest BCUT2D eigenvalue weighted by Crippen LogP contribution is 2.49. The van der Waals surface area contributed by atoms with E-state index < -0.39 is 11.2 Å². The van der Waals surface area contributed by atoms with Crippen LogP contribution in [0.15, 0.2) is 47.4 Å². The molecule has 2 aromatic rings. The van der Waals surface area contributed by atoms with Crippen molar-refractivity contribution >= 4 is 22.8 Å². The number of hydrogen-bond acceptors (Lipinski definition) is 1. The van der Waals surface area contributed by atoms with Crippen LogP contribution in [0.1, 0.15) is 49.8 Å². The zero-order chi connectivity index (χ0) is 18.1. The van der Waals surface area contributed by atoms with Gasteiger partial charge in [-0.1, -0.05) is 32.9 Å². The van der Waals surface area contributed by atoms with Gasteiger partial charge in [0.2, 0.25) is 0 Å². The summed E-state index contributed by atoms with van der Waals surface area (Å²) in [5, 5.41) is 0. The fraction of sp³-hybridized carbons (Fsp3) is 0.364. The van der Waals surface area contributed by atoms with Crippen LogP contribution in [0.5, 0.6) is 0 Å². The molecule has 0 amide bonds. The fourth-order valence-electron chi connectivity index (χ4n) is 3.82. The van der Waals surface area contributed by atoms with E-state index >= 15 is 0 Å². The van der Waals surface area contributed by atoms with Gasteiger partial charge in [-0.25, -0.2) is 4.39 Å². The van der Waals surface area contributed by atoms with E-state index in [2.05, 4.69) is 26.8 Å². The molecule has 3 unspecified atom stereocenters. The summed E-state index contributed by atoms with van der Waals surface area (Å²) in [6.07, 6.45) is 4.95. The minimum atomic E-state index is -0.962. The summed E-state index contributed by atoms with van der Waals surface area (Å²) in [6.45, 7) is 6.68. The normalized spacial score (nSPS) is 22.4. The highest BCUT2D eigenvalue weighted by atomic mass is 32.2. The molecule has 1 nitrogen and oxygen atoms in total. The zero-order valence-corrected chi connectivity index (χ0v) is 16.1. The second-order valence-corrected chi connectivity index (χ2v) is 8.76. The van der Waals surface area contributed by atoms with Crippen LogP contribution in [0.4, 0.5) is 4.39 Å². The minimum Gasteiger partial charge on any atom is -0.612 e. The Morgan fingerprint density at radius 1 is 1.16 bits per heavy atom. The zero-order valence-electron chi connectivity index (χ0n) is 15.3. The van der Waals surface area contributed by atoms with Crippen LogP contribution < -0.4 is 0 Å². The van der Waals surface area contributed by atoms with Crippen LogP contribution in [0.3, 0.4) is 0 Å². The van der Waals surface area contributed by atoms with Crippen LogP contribution in [0, 0.1) is 17.7 Å². The van der Waals surface area contributed by atoms with Gasteiger partial charge in [-0.3, -0.25) is 0 Å². The van der Waals surface area contributed by atoms with Crippen molar-refractivity contribution in [1.82, 2.24) is 0 Å². The lowest BCUT2D eigenvalue weighted by atomic mass is 9.85. The first-order valence-corrected chi connectivity index (χ1v) is 10.4. The van der Waals surface area contributed by atoms with E-state index in [-0.39, 0.29) is 5.82 Å². The molecule has 2 aromatic carbocycles. The Hall–Kier alpha value is -1.58. The monoisotopic (exact) mass is 356 g/mol. The van der Waals surface area contributed by atoms with E-state index in [1.807, 2.05) is 30.3 Å². The van der Waals surface area contributed by atoms with Crippen molar-refractivity contribution in [3.8, 4) is 0 Å². The molecule has 3 rings (SSSR count). The third-order valence-corrected chi connectivity index (χ3v) is 6.01. The summed E-state index contributed by atoms with van der Waals surface area (Å²) in [5.41, 5.74) is 4.67. The van der Waals surface area contributed by atoms with Crippen LogP contribution in [0.25, 0.3) is 11.6 Å². The molecule has 0 heterocycles. The number of fused-ring (bicyclic) bond motifs is 1. The summed E-state index contributed by atoms with van der Waals surface area (Å²) in [4.78, 5) is 0.835. The lowest BCUT2D eigenvalue weighted by Gasteiger charge is -2.19. The Bertz CT molecular complexity index is 777. The van der Waals surface area contributed by atoms with Gasteiger partial charge in [0.25, 0.3) is 0 Å². The molecule has 25 heavy (non-hydrogen) atoms. The first-order chi connectivity index (χ1) is 11.9.